The van der Waals surface area contributed by atoms with Crippen LogP contribution in [0.4, 0.5) is 0 Å². The number of amidine groups is 1. The van der Waals surface area contributed by atoms with Gasteiger partial charge in [-0.25, -0.2) is 0 Å². The number of aliphatic imine (C=N–C) groups is 1. The van der Waals surface area contributed by atoms with Crippen LogP contribution in [0.1, 0.15) is 69.8 Å². The molecule has 1 saturated heterocycles. The summed E-state index contributed by atoms with van der Waals surface area (Å²) in [6.07, 6.45) is 13.3. The van der Waals surface area contributed by atoms with Gasteiger partial charge in [0.1, 0.15) is 5.75 Å². The number of hydrogen-bond acceptors (Lipinski definition) is 4. The van der Waals surface area contributed by atoms with Crippen LogP contribution in [0, 0.1) is 0 Å². The topological polar surface area (TPSA) is 52.9 Å². The maximum Gasteiger partial charge on any atom is 0.267 e. The summed E-state index contributed by atoms with van der Waals surface area (Å²) >= 11 is 10.9. The van der Waals surface area contributed by atoms with E-state index in [1.165, 1.54) is 37.4 Å². The minimum atomic E-state index is 0.00644. The van der Waals surface area contributed by atoms with Gasteiger partial charge in [0.15, 0.2) is 5.17 Å². The molecular formula is C22H26BrClN2O2S. The average molecular weight is 498 g/mol. The normalized spacial score (nSPS) is 24.8. The first-order valence-electron chi connectivity index (χ1n) is 10.5. The van der Waals surface area contributed by atoms with Gasteiger partial charge >= 0.3 is 0 Å². The van der Waals surface area contributed by atoms with Gasteiger partial charge in [-0.1, -0.05) is 50.1 Å². The lowest BCUT2D eigenvalue weighted by molar-refractivity contribution is -0.124. The Balaban J connectivity index is 1.67. The van der Waals surface area contributed by atoms with Gasteiger partial charge in [0.25, 0.3) is 5.91 Å². The predicted molar refractivity (Wildman–Crippen MR) is 124 cm³/mol. The first-order valence-corrected chi connectivity index (χ1v) is 12.5. The van der Waals surface area contributed by atoms with E-state index >= 15 is 0 Å². The minimum Gasteiger partial charge on any atom is -0.506 e. The molecule has 1 aliphatic heterocycles. The SMILES string of the molecule is O=C1C(=Cc2cc(Cl)cc(Br)c2O)SC(=NC2CCCCC2)N1C1CCCCC1. The van der Waals surface area contributed by atoms with E-state index in [4.69, 9.17) is 16.6 Å². The fourth-order valence-corrected chi connectivity index (χ4v) is 6.38. The Morgan fingerprint density at radius 1 is 1.10 bits per heavy atom. The van der Waals surface area contributed by atoms with Gasteiger partial charge in [-0.2, -0.15) is 0 Å². The van der Waals surface area contributed by atoms with Crippen LogP contribution in [0.25, 0.3) is 6.08 Å². The van der Waals surface area contributed by atoms with Crippen LogP contribution in [-0.2, 0) is 4.79 Å². The van der Waals surface area contributed by atoms with Crippen LogP contribution >= 0.6 is 39.3 Å². The van der Waals surface area contributed by atoms with Crippen LogP contribution in [0.3, 0.4) is 0 Å². The average Bonchev–Trinajstić information content (AvgIpc) is 3.02. The lowest BCUT2D eigenvalue weighted by Gasteiger charge is -2.31. The van der Waals surface area contributed by atoms with Crippen LogP contribution in [0.5, 0.6) is 5.75 Å². The van der Waals surface area contributed by atoms with Gasteiger partial charge in [-0.05, 0) is 71.6 Å². The third-order valence-electron chi connectivity index (χ3n) is 5.99. The number of thioether (sulfide) groups is 1. The summed E-state index contributed by atoms with van der Waals surface area (Å²) in [5.74, 6) is 0.101. The molecule has 1 aromatic rings. The number of hydrogen-bond donors (Lipinski definition) is 1. The molecule has 0 bridgehead atoms. The lowest BCUT2D eigenvalue weighted by atomic mass is 9.94. The van der Waals surface area contributed by atoms with Crippen molar-refractivity contribution < 1.29 is 9.90 Å². The second-order valence-corrected chi connectivity index (χ2v) is 10.4. The van der Waals surface area contributed by atoms with Crippen molar-refractivity contribution in [3.05, 3.63) is 32.1 Å². The number of aromatic hydroxyl groups is 1. The van der Waals surface area contributed by atoms with Crippen molar-refractivity contribution in [2.24, 2.45) is 4.99 Å². The number of benzene rings is 1. The van der Waals surface area contributed by atoms with Crippen molar-refractivity contribution in [2.75, 3.05) is 0 Å². The summed E-state index contributed by atoms with van der Waals surface area (Å²) in [7, 11) is 0. The van der Waals surface area contributed by atoms with E-state index in [0.717, 1.165) is 43.7 Å². The lowest BCUT2D eigenvalue weighted by Crippen LogP contribution is -2.41. The van der Waals surface area contributed by atoms with Gasteiger partial charge in [0.2, 0.25) is 0 Å². The first kappa shape index (κ1) is 21.3. The Hall–Kier alpha value is -0.980. The standard InChI is InChI=1S/C22H26BrClN2O2S/c23-18-13-15(24)11-14(20(18)27)12-19-21(28)26(17-9-5-2-6-10-17)22(29-19)25-16-7-3-1-4-8-16/h11-13,16-17,27H,1-10H2. The van der Waals surface area contributed by atoms with E-state index in [-0.39, 0.29) is 17.7 Å². The molecule has 0 spiro atoms. The highest BCUT2D eigenvalue weighted by Gasteiger charge is 2.39. The minimum absolute atomic E-state index is 0.00644. The molecule has 29 heavy (non-hydrogen) atoms. The number of carbonyl (C=O) groups excluding carboxylic acids is 1. The third kappa shape index (κ3) is 4.86. The van der Waals surface area contributed by atoms with E-state index in [0.29, 0.717) is 26.0 Å². The maximum absolute atomic E-state index is 13.4. The van der Waals surface area contributed by atoms with Gasteiger partial charge in [0, 0.05) is 16.6 Å². The van der Waals surface area contributed by atoms with Crippen LogP contribution < -0.4 is 0 Å². The Labute approximate surface area is 189 Å². The summed E-state index contributed by atoms with van der Waals surface area (Å²) in [6.45, 7) is 0. The molecule has 0 atom stereocenters. The maximum atomic E-state index is 13.4. The summed E-state index contributed by atoms with van der Waals surface area (Å²) < 4.78 is 0.521. The van der Waals surface area contributed by atoms with Gasteiger partial charge in [-0.3, -0.25) is 14.7 Å². The van der Waals surface area contributed by atoms with Crippen molar-refractivity contribution in [3.63, 3.8) is 0 Å². The largest absolute Gasteiger partial charge is 0.506 e. The molecule has 0 unspecified atom stereocenters. The van der Waals surface area contributed by atoms with Crippen molar-refractivity contribution in [3.8, 4) is 5.75 Å². The van der Waals surface area contributed by atoms with Gasteiger partial charge in [-0.15, -0.1) is 0 Å². The van der Waals surface area contributed by atoms with Crippen LogP contribution in [0.15, 0.2) is 26.5 Å². The van der Waals surface area contributed by atoms with Crippen molar-refractivity contribution in [1.82, 2.24) is 4.90 Å². The van der Waals surface area contributed by atoms with Gasteiger partial charge in [0.05, 0.1) is 15.4 Å². The quantitative estimate of drug-likeness (QED) is 0.470. The number of halogens is 2. The molecule has 2 saturated carbocycles. The smallest absolute Gasteiger partial charge is 0.267 e. The number of amides is 1. The number of nitrogens with zero attached hydrogens (tertiary/aromatic N) is 2. The molecule has 1 aromatic carbocycles. The van der Waals surface area contributed by atoms with Crippen LogP contribution in [0.2, 0.25) is 5.02 Å². The van der Waals surface area contributed by atoms with Crippen molar-refractivity contribution >= 4 is 56.4 Å². The Bertz CT molecular complexity index is 845. The molecule has 4 nitrogen and oxygen atoms in total. The summed E-state index contributed by atoms with van der Waals surface area (Å²) in [5.41, 5.74) is 0.544. The molecule has 2 aliphatic carbocycles. The highest BCUT2D eigenvalue weighted by molar-refractivity contribution is 9.10. The highest BCUT2D eigenvalue weighted by Crippen LogP contribution is 2.40. The van der Waals surface area contributed by atoms with E-state index in [1.807, 2.05) is 4.90 Å². The fourth-order valence-electron chi connectivity index (χ4n) is 4.44. The molecule has 3 fully saturated rings. The molecule has 7 heteroatoms. The van der Waals surface area contributed by atoms with E-state index in [2.05, 4.69) is 15.9 Å². The zero-order valence-electron chi connectivity index (χ0n) is 16.4. The van der Waals surface area contributed by atoms with E-state index in [9.17, 15) is 9.90 Å². The van der Waals surface area contributed by atoms with E-state index < -0.39 is 0 Å². The monoisotopic (exact) mass is 496 g/mol. The van der Waals surface area contributed by atoms with E-state index in [1.54, 1.807) is 18.2 Å². The van der Waals surface area contributed by atoms with Crippen molar-refractivity contribution in [1.29, 1.82) is 0 Å². The molecular weight excluding hydrogens is 472 g/mol. The molecule has 1 amide bonds. The molecule has 0 radical (unpaired) electrons. The molecule has 1 N–H and O–H groups in total. The molecule has 3 aliphatic rings. The number of carbonyl (C=O) groups is 1. The summed E-state index contributed by atoms with van der Waals surface area (Å²) in [5, 5.41) is 11.8. The van der Waals surface area contributed by atoms with Crippen molar-refractivity contribution in [2.45, 2.75) is 76.3 Å². The molecule has 156 valence electrons. The Kier molecular flexibility index (Phi) is 6.92. The number of phenolic OH excluding ortho intramolecular Hbond substituents is 1. The zero-order valence-corrected chi connectivity index (χ0v) is 19.5. The predicted octanol–water partition coefficient (Wildman–Crippen LogP) is 6.75. The second kappa shape index (κ2) is 9.44. The highest BCUT2D eigenvalue weighted by atomic mass is 79.9. The fraction of sp³-hybridized carbons (Fsp3) is 0.545. The Morgan fingerprint density at radius 3 is 2.45 bits per heavy atom. The number of rotatable bonds is 3. The van der Waals surface area contributed by atoms with Crippen LogP contribution in [-0.4, -0.2) is 33.2 Å². The first-order chi connectivity index (χ1) is 14.0. The summed E-state index contributed by atoms with van der Waals surface area (Å²) in [6, 6.07) is 3.88. The molecule has 0 aromatic heterocycles. The summed E-state index contributed by atoms with van der Waals surface area (Å²) in [4.78, 5) is 21.0. The number of phenols is 1. The second-order valence-electron chi connectivity index (χ2n) is 8.11. The third-order valence-corrected chi connectivity index (χ3v) is 7.81. The molecule has 4 rings (SSSR count). The Morgan fingerprint density at radius 2 is 1.76 bits per heavy atom. The zero-order chi connectivity index (χ0) is 20.4. The van der Waals surface area contributed by atoms with Gasteiger partial charge < -0.3 is 5.11 Å². The molecule has 1 heterocycles.